The number of aromatic nitrogens is 3. The van der Waals surface area contributed by atoms with Gasteiger partial charge < -0.3 is 15.6 Å². The lowest BCUT2D eigenvalue weighted by Gasteiger charge is -2.10. The van der Waals surface area contributed by atoms with E-state index in [0.29, 0.717) is 5.75 Å². The summed E-state index contributed by atoms with van der Waals surface area (Å²) in [6.45, 7) is 3.14. The molecule has 2 aromatic rings. The maximum absolute atomic E-state index is 9.46. The molecule has 0 aliphatic heterocycles. The number of hydrogen-bond donors (Lipinski definition) is 2. The van der Waals surface area contributed by atoms with E-state index in [-0.39, 0.29) is 18.0 Å². The monoisotopic (exact) mass is 248 g/mol. The predicted molar refractivity (Wildman–Crippen MR) is 67.2 cm³/mol. The summed E-state index contributed by atoms with van der Waals surface area (Å²) in [5.41, 5.74) is 5.94. The van der Waals surface area contributed by atoms with Gasteiger partial charge in [-0.05, 0) is 18.6 Å². The minimum Gasteiger partial charge on any atom is -0.506 e. The molecular formula is C12H16N4O2. The summed E-state index contributed by atoms with van der Waals surface area (Å²) in [6.07, 6.45) is 2.48. The molecule has 0 saturated carbocycles. The number of phenolic OH excluding ortho intramolecular Hbond substituents is 1. The SMILES string of the molecule is CCCn1ncnc1COc1cccc(O)c1N. The second kappa shape index (κ2) is 5.39. The highest BCUT2D eigenvalue weighted by atomic mass is 16.5. The van der Waals surface area contributed by atoms with E-state index in [4.69, 9.17) is 10.5 Å². The summed E-state index contributed by atoms with van der Waals surface area (Å²) < 4.78 is 7.33. The van der Waals surface area contributed by atoms with E-state index in [9.17, 15) is 5.11 Å². The quantitative estimate of drug-likeness (QED) is 0.619. The molecule has 0 spiro atoms. The number of nitrogens with zero attached hydrogens (tertiary/aromatic N) is 3. The van der Waals surface area contributed by atoms with Crippen LogP contribution in [0, 0.1) is 0 Å². The Morgan fingerprint density at radius 2 is 2.28 bits per heavy atom. The first kappa shape index (κ1) is 12.2. The van der Waals surface area contributed by atoms with Crippen LogP contribution in [0.4, 0.5) is 5.69 Å². The zero-order valence-corrected chi connectivity index (χ0v) is 10.2. The number of nitrogens with two attached hydrogens (primary N) is 1. The molecule has 0 amide bonds. The van der Waals surface area contributed by atoms with E-state index in [1.54, 1.807) is 16.8 Å². The fourth-order valence-corrected chi connectivity index (χ4v) is 1.60. The Morgan fingerprint density at radius 1 is 1.44 bits per heavy atom. The largest absolute Gasteiger partial charge is 0.506 e. The van der Waals surface area contributed by atoms with Gasteiger partial charge in [0.05, 0.1) is 0 Å². The number of nitrogen functional groups attached to an aromatic ring is 1. The maximum Gasteiger partial charge on any atom is 0.164 e. The first-order chi connectivity index (χ1) is 8.72. The molecule has 0 aliphatic carbocycles. The van der Waals surface area contributed by atoms with Crippen molar-refractivity contribution in [3.05, 3.63) is 30.4 Å². The zero-order valence-electron chi connectivity index (χ0n) is 10.2. The van der Waals surface area contributed by atoms with Crippen molar-refractivity contribution >= 4 is 5.69 Å². The molecule has 0 saturated heterocycles. The van der Waals surface area contributed by atoms with Crippen molar-refractivity contribution in [3.63, 3.8) is 0 Å². The molecule has 1 aromatic heterocycles. The van der Waals surface area contributed by atoms with Gasteiger partial charge in [-0.25, -0.2) is 9.67 Å². The van der Waals surface area contributed by atoms with Crippen LogP contribution < -0.4 is 10.5 Å². The second-order valence-electron chi connectivity index (χ2n) is 3.88. The third-order valence-electron chi connectivity index (χ3n) is 2.53. The van der Waals surface area contributed by atoms with Crippen LogP contribution in [0.1, 0.15) is 19.2 Å². The summed E-state index contributed by atoms with van der Waals surface area (Å²) in [5, 5.41) is 13.6. The molecule has 6 nitrogen and oxygen atoms in total. The van der Waals surface area contributed by atoms with Gasteiger partial charge >= 0.3 is 0 Å². The van der Waals surface area contributed by atoms with Gasteiger partial charge in [-0.3, -0.25) is 0 Å². The number of phenols is 1. The number of aryl methyl sites for hydroxylation is 1. The first-order valence-electron chi connectivity index (χ1n) is 5.79. The Bertz CT molecular complexity index is 525. The smallest absolute Gasteiger partial charge is 0.164 e. The number of para-hydroxylation sites is 1. The predicted octanol–water partition coefficient (Wildman–Crippen LogP) is 1.55. The Morgan fingerprint density at radius 3 is 3.06 bits per heavy atom. The molecule has 0 bridgehead atoms. The average molecular weight is 248 g/mol. The molecule has 0 atom stereocenters. The zero-order chi connectivity index (χ0) is 13.0. The molecule has 0 radical (unpaired) electrons. The lowest BCUT2D eigenvalue weighted by Crippen LogP contribution is -2.09. The van der Waals surface area contributed by atoms with Gasteiger partial charge in [-0.1, -0.05) is 13.0 Å². The first-order valence-corrected chi connectivity index (χ1v) is 5.79. The van der Waals surface area contributed by atoms with E-state index in [0.717, 1.165) is 18.8 Å². The number of benzene rings is 1. The Kier molecular flexibility index (Phi) is 3.66. The molecule has 18 heavy (non-hydrogen) atoms. The van der Waals surface area contributed by atoms with E-state index >= 15 is 0 Å². The normalized spacial score (nSPS) is 10.5. The fourth-order valence-electron chi connectivity index (χ4n) is 1.60. The van der Waals surface area contributed by atoms with Crippen LogP contribution in [0.15, 0.2) is 24.5 Å². The number of aromatic hydroxyl groups is 1. The van der Waals surface area contributed by atoms with Gasteiger partial charge in [0.15, 0.2) is 5.82 Å². The Balaban J connectivity index is 2.07. The van der Waals surface area contributed by atoms with Crippen LogP contribution in [0.25, 0.3) is 0 Å². The van der Waals surface area contributed by atoms with Gasteiger partial charge in [-0.2, -0.15) is 5.10 Å². The van der Waals surface area contributed by atoms with Crippen molar-refractivity contribution in [1.29, 1.82) is 0 Å². The Hall–Kier alpha value is -2.24. The molecule has 0 fully saturated rings. The van der Waals surface area contributed by atoms with Gasteiger partial charge in [0.2, 0.25) is 0 Å². The minimum atomic E-state index is 0.0162. The van der Waals surface area contributed by atoms with Gasteiger partial charge in [-0.15, -0.1) is 0 Å². The molecule has 3 N–H and O–H groups in total. The van der Waals surface area contributed by atoms with Gasteiger partial charge in [0.1, 0.15) is 30.1 Å². The average Bonchev–Trinajstić information content (AvgIpc) is 2.79. The van der Waals surface area contributed by atoms with Crippen LogP contribution in [-0.2, 0) is 13.2 Å². The van der Waals surface area contributed by atoms with E-state index in [1.165, 1.54) is 12.4 Å². The second-order valence-corrected chi connectivity index (χ2v) is 3.88. The van der Waals surface area contributed by atoms with Gasteiger partial charge in [0.25, 0.3) is 0 Å². The molecule has 1 aromatic carbocycles. The molecule has 0 aliphatic rings. The lowest BCUT2D eigenvalue weighted by molar-refractivity contribution is 0.286. The molecule has 0 unspecified atom stereocenters. The molecule has 6 heteroatoms. The third kappa shape index (κ3) is 2.53. The van der Waals surface area contributed by atoms with Crippen LogP contribution in [0.2, 0.25) is 0 Å². The van der Waals surface area contributed by atoms with Crippen LogP contribution in [0.5, 0.6) is 11.5 Å². The summed E-state index contributed by atoms with van der Waals surface area (Å²) >= 11 is 0. The number of ether oxygens (including phenoxy) is 1. The molecule has 2 rings (SSSR count). The molecular weight excluding hydrogens is 232 g/mol. The third-order valence-corrected chi connectivity index (χ3v) is 2.53. The van der Waals surface area contributed by atoms with Crippen molar-refractivity contribution in [1.82, 2.24) is 14.8 Å². The highest BCUT2D eigenvalue weighted by Gasteiger charge is 2.08. The van der Waals surface area contributed by atoms with Crippen LogP contribution >= 0.6 is 0 Å². The Labute approximate surface area is 105 Å². The number of anilines is 1. The van der Waals surface area contributed by atoms with Crippen LogP contribution in [-0.4, -0.2) is 19.9 Å². The van der Waals surface area contributed by atoms with E-state index in [2.05, 4.69) is 17.0 Å². The number of rotatable bonds is 5. The van der Waals surface area contributed by atoms with Crippen molar-refractivity contribution in [2.24, 2.45) is 0 Å². The minimum absolute atomic E-state index is 0.0162. The number of hydrogen-bond acceptors (Lipinski definition) is 5. The van der Waals surface area contributed by atoms with Crippen molar-refractivity contribution in [2.45, 2.75) is 26.5 Å². The summed E-state index contributed by atoms with van der Waals surface area (Å²) in [6, 6.07) is 4.90. The fraction of sp³-hybridized carbons (Fsp3) is 0.333. The van der Waals surface area contributed by atoms with Gasteiger partial charge in [0, 0.05) is 6.54 Å². The maximum atomic E-state index is 9.46. The van der Waals surface area contributed by atoms with E-state index in [1.807, 2.05) is 0 Å². The van der Waals surface area contributed by atoms with E-state index < -0.39 is 0 Å². The van der Waals surface area contributed by atoms with Crippen molar-refractivity contribution in [3.8, 4) is 11.5 Å². The summed E-state index contributed by atoms with van der Waals surface area (Å²) in [7, 11) is 0. The highest BCUT2D eigenvalue weighted by Crippen LogP contribution is 2.30. The molecule has 96 valence electrons. The highest BCUT2D eigenvalue weighted by molar-refractivity contribution is 5.61. The van der Waals surface area contributed by atoms with Crippen molar-refractivity contribution in [2.75, 3.05) is 5.73 Å². The standard InChI is InChI=1S/C12H16N4O2/c1-2-6-16-11(14-8-15-16)7-18-10-5-3-4-9(17)12(10)13/h3-5,8,17H,2,6-7,13H2,1H3. The summed E-state index contributed by atoms with van der Waals surface area (Å²) in [4.78, 5) is 4.13. The van der Waals surface area contributed by atoms with Crippen LogP contribution in [0.3, 0.4) is 0 Å². The lowest BCUT2D eigenvalue weighted by atomic mass is 10.3. The molecule has 1 heterocycles. The summed E-state index contributed by atoms with van der Waals surface area (Å²) in [5.74, 6) is 1.20. The van der Waals surface area contributed by atoms with Crippen molar-refractivity contribution < 1.29 is 9.84 Å². The topological polar surface area (TPSA) is 86.2 Å².